The molecule has 0 aliphatic carbocycles. The zero-order valence-electron chi connectivity index (χ0n) is 14.0. The van der Waals surface area contributed by atoms with Gasteiger partial charge in [0.1, 0.15) is 0 Å². The lowest BCUT2D eigenvalue weighted by Crippen LogP contribution is -2.33. The van der Waals surface area contributed by atoms with Crippen LogP contribution in [-0.4, -0.2) is 42.9 Å². The van der Waals surface area contributed by atoms with E-state index in [9.17, 15) is 9.59 Å². The van der Waals surface area contributed by atoms with E-state index in [-0.39, 0.29) is 11.8 Å². The zero-order chi connectivity index (χ0) is 17.2. The molecule has 0 unspecified atom stereocenters. The van der Waals surface area contributed by atoms with E-state index in [4.69, 9.17) is 0 Å². The Morgan fingerprint density at radius 3 is 2.50 bits per heavy atom. The van der Waals surface area contributed by atoms with Crippen LogP contribution in [0.15, 0.2) is 28.7 Å². The van der Waals surface area contributed by atoms with Crippen LogP contribution in [0.2, 0.25) is 0 Å². The van der Waals surface area contributed by atoms with Gasteiger partial charge in [0, 0.05) is 36.9 Å². The first-order valence-corrected chi connectivity index (χ1v) is 9.43. The first-order valence-electron chi connectivity index (χ1n) is 8.64. The Bertz CT molecular complexity index is 545. The van der Waals surface area contributed by atoms with E-state index in [2.05, 4.69) is 31.5 Å². The van der Waals surface area contributed by atoms with Gasteiger partial charge in [0.25, 0.3) is 0 Å². The van der Waals surface area contributed by atoms with Gasteiger partial charge in [-0.25, -0.2) is 0 Å². The fourth-order valence-electron chi connectivity index (χ4n) is 2.79. The maximum Gasteiger partial charge on any atom is 0.220 e. The van der Waals surface area contributed by atoms with Crippen molar-refractivity contribution in [2.75, 3.05) is 26.2 Å². The Hall–Kier alpha value is -1.40. The molecule has 0 saturated carbocycles. The molecule has 24 heavy (non-hydrogen) atoms. The number of carbonyl (C=O) groups excluding carboxylic acids is 2. The average Bonchev–Trinajstić information content (AvgIpc) is 3.06. The molecule has 1 aliphatic rings. The zero-order valence-corrected chi connectivity index (χ0v) is 15.6. The van der Waals surface area contributed by atoms with Crippen LogP contribution in [0, 0.1) is 0 Å². The molecule has 1 fully saturated rings. The van der Waals surface area contributed by atoms with Crippen LogP contribution in [0.4, 0.5) is 0 Å². The summed E-state index contributed by atoms with van der Waals surface area (Å²) < 4.78 is 1.000. The molecular formula is C18H26BrN3O2. The summed E-state index contributed by atoms with van der Waals surface area (Å²) >= 11 is 3.41. The maximum atomic E-state index is 11.8. The second-order valence-electron chi connectivity index (χ2n) is 6.16. The normalized spacial score (nSPS) is 14.5. The molecule has 1 heterocycles. The number of carbonyl (C=O) groups is 2. The summed E-state index contributed by atoms with van der Waals surface area (Å²) in [5.41, 5.74) is 1.05. The van der Waals surface area contributed by atoms with Crippen LogP contribution in [0.3, 0.4) is 0 Å². The number of likely N-dealkylation sites (tertiary alicyclic amines) is 1. The van der Waals surface area contributed by atoms with Gasteiger partial charge in [-0.1, -0.05) is 28.1 Å². The Kier molecular flexibility index (Phi) is 8.25. The van der Waals surface area contributed by atoms with E-state index in [0.29, 0.717) is 32.4 Å². The van der Waals surface area contributed by atoms with Gasteiger partial charge < -0.3 is 15.5 Å². The minimum atomic E-state index is -0.0140. The number of halogens is 1. The molecule has 2 amide bonds. The highest BCUT2D eigenvalue weighted by atomic mass is 79.9. The molecule has 2 N–H and O–H groups in total. The van der Waals surface area contributed by atoms with E-state index in [0.717, 1.165) is 29.7 Å². The molecule has 0 bridgehead atoms. The van der Waals surface area contributed by atoms with Gasteiger partial charge in [-0.05, 0) is 50.0 Å². The summed E-state index contributed by atoms with van der Waals surface area (Å²) in [6.07, 6.45) is 3.91. The van der Waals surface area contributed by atoms with Crippen molar-refractivity contribution in [2.45, 2.75) is 38.6 Å². The van der Waals surface area contributed by atoms with Crippen LogP contribution >= 0.6 is 15.9 Å². The second-order valence-corrected chi connectivity index (χ2v) is 7.07. The van der Waals surface area contributed by atoms with Crippen molar-refractivity contribution in [1.82, 2.24) is 15.5 Å². The quantitative estimate of drug-likeness (QED) is 0.674. The molecule has 0 radical (unpaired) electrons. The minimum Gasteiger partial charge on any atom is -0.355 e. The lowest BCUT2D eigenvalue weighted by atomic mass is 10.2. The number of nitrogens with one attached hydrogen (secondary N) is 2. The molecule has 0 atom stereocenters. The Labute approximate surface area is 152 Å². The van der Waals surface area contributed by atoms with Gasteiger partial charge in [-0.15, -0.1) is 0 Å². The standard InChI is InChI=1S/C18H26BrN3O2/c19-16-6-3-5-15(13-16)14-21-18(24)8-4-7-17(23)20-9-12-22-10-1-2-11-22/h3,5-6,13H,1-2,4,7-12,14H2,(H,20,23)(H,21,24). The highest BCUT2D eigenvalue weighted by molar-refractivity contribution is 9.10. The predicted molar refractivity (Wildman–Crippen MR) is 98.5 cm³/mol. The average molecular weight is 396 g/mol. The number of rotatable bonds is 9. The molecule has 1 aromatic rings. The Morgan fingerprint density at radius 2 is 1.79 bits per heavy atom. The van der Waals surface area contributed by atoms with E-state index in [1.165, 1.54) is 12.8 Å². The smallest absolute Gasteiger partial charge is 0.220 e. The lowest BCUT2D eigenvalue weighted by Gasteiger charge is -2.14. The summed E-state index contributed by atoms with van der Waals surface area (Å²) in [5, 5.41) is 5.81. The van der Waals surface area contributed by atoms with Gasteiger partial charge in [0.15, 0.2) is 0 Å². The van der Waals surface area contributed by atoms with Gasteiger partial charge in [0.05, 0.1) is 0 Å². The predicted octanol–water partition coefficient (Wildman–Crippen LogP) is 2.45. The van der Waals surface area contributed by atoms with Crippen LogP contribution in [-0.2, 0) is 16.1 Å². The fraction of sp³-hybridized carbons (Fsp3) is 0.556. The molecule has 2 rings (SSSR count). The van der Waals surface area contributed by atoms with Crippen molar-refractivity contribution < 1.29 is 9.59 Å². The van der Waals surface area contributed by atoms with Gasteiger partial charge >= 0.3 is 0 Å². The van der Waals surface area contributed by atoms with Crippen molar-refractivity contribution in [1.29, 1.82) is 0 Å². The van der Waals surface area contributed by atoms with Crippen molar-refractivity contribution >= 4 is 27.7 Å². The van der Waals surface area contributed by atoms with E-state index in [1.54, 1.807) is 0 Å². The number of hydrogen-bond donors (Lipinski definition) is 2. The fourth-order valence-corrected chi connectivity index (χ4v) is 3.24. The number of hydrogen-bond acceptors (Lipinski definition) is 3. The second kappa shape index (κ2) is 10.5. The highest BCUT2D eigenvalue weighted by Gasteiger charge is 2.11. The van der Waals surface area contributed by atoms with Crippen LogP contribution in [0.1, 0.15) is 37.7 Å². The van der Waals surface area contributed by atoms with E-state index >= 15 is 0 Å². The summed E-state index contributed by atoms with van der Waals surface area (Å²) in [6, 6.07) is 7.85. The summed E-state index contributed by atoms with van der Waals surface area (Å²) in [7, 11) is 0. The third-order valence-electron chi connectivity index (χ3n) is 4.14. The third kappa shape index (κ3) is 7.45. The topological polar surface area (TPSA) is 61.4 Å². The first-order chi connectivity index (χ1) is 11.6. The molecule has 0 spiro atoms. The van der Waals surface area contributed by atoms with E-state index < -0.39 is 0 Å². The molecule has 1 saturated heterocycles. The van der Waals surface area contributed by atoms with E-state index in [1.807, 2.05) is 24.3 Å². The monoisotopic (exact) mass is 395 g/mol. The number of benzene rings is 1. The van der Waals surface area contributed by atoms with Crippen molar-refractivity contribution in [2.24, 2.45) is 0 Å². The van der Waals surface area contributed by atoms with Crippen LogP contribution < -0.4 is 10.6 Å². The van der Waals surface area contributed by atoms with Crippen molar-refractivity contribution in [3.05, 3.63) is 34.3 Å². The molecule has 132 valence electrons. The largest absolute Gasteiger partial charge is 0.355 e. The highest BCUT2D eigenvalue weighted by Crippen LogP contribution is 2.11. The number of amides is 2. The summed E-state index contributed by atoms with van der Waals surface area (Å²) in [5.74, 6) is 0.0221. The SMILES string of the molecule is O=C(CCCC(=O)NCc1cccc(Br)c1)NCCN1CCCC1. The van der Waals surface area contributed by atoms with Crippen molar-refractivity contribution in [3.63, 3.8) is 0 Å². The van der Waals surface area contributed by atoms with Crippen LogP contribution in [0.5, 0.6) is 0 Å². The van der Waals surface area contributed by atoms with Gasteiger partial charge in [0.2, 0.25) is 11.8 Å². The Balaban J connectivity index is 1.51. The Morgan fingerprint density at radius 1 is 1.08 bits per heavy atom. The first kappa shape index (κ1) is 18.9. The molecule has 0 aromatic heterocycles. The van der Waals surface area contributed by atoms with Crippen molar-refractivity contribution in [3.8, 4) is 0 Å². The lowest BCUT2D eigenvalue weighted by molar-refractivity contribution is -0.122. The van der Waals surface area contributed by atoms with Gasteiger partial charge in [-0.2, -0.15) is 0 Å². The molecule has 5 nitrogen and oxygen atoms in total. The molecular weight excluding hydrogens is 370 g/mol. The summed E-state index contributed by atoms with van der Waals surface area (Å²) in [6.45, 7) is 4.44. The maximum absolute atomic E-state index is 11.8. The van der Waals surface area contributed by atoms with Gasteiger partial charge in [-0.3, -0.25) is 9.59 Å². The molecule has 1 aliphatic heterocycles. The van der Waals surface area contributed by atoms with Crippen LogP contribution in [0.25, 0.3) is 0 Å². The minimum absolute atomic E-state index is 0.0140. The molecule has 6 heteroatoms. The summed E-state index contributed by atoms with van der Waals surface area (Å²) in [4.78, 5) is 25.9. The number of nitrogens with zero attached hydrogens (tertiary/aromatic N) is 1. The molecule has 1 aromatic carbocycles. The third-order valence-corrected chi connectivity index (χ3v) is 4.63.